The zero-order valence-corrected chi connectivity index (χ0v) is 11.4. The number of nitrogens with two attached hydrogens (primary N) is 1. The maximum absolute atomic E-state index is 10.7. The van der Waals surface area contributed by atoms with Gasteiger partial charge in [-0.2, -0.15) is 0 Å². The summed E-state index contributed by atoms with van der Waals surface area (Å²) in [7, 11) is 0. The van der Waals surface area contributed by atoms with Crippen molar-refractivity contribution in [3.63, 3.8) is 0 Å². The molecular weight excluding hydrogens is 238 g/mol. The summed E-state index contributed by atoms with van der Waals surface area (Å²) in [5.41, 5.74) is 6.55. The van der Waals surface area contributed by atoms with Gasteiger partial charge in [0.1, 0.15) is 5.82 Å². The van der Waals surface area contributed by atoms with Crippen molar-refractivity contribution in [1.29, 1.82) is 0 Å². The molecule has 3 N–H and O–H groups in total. The summed E-state index contributed by atoms with van der Waals surface area (Å²) in [6.07, 6.45) is 7.31. The average molecular weight is 261 g/mol. The fourth-order valence-electron chi connectivity index (χ4n) is 3.63. The van der Waals surface area contributed by atoms with Gasteiger partial charge in [0.2, 0.25) is 0 Å². The molecule has 0 bridgehead atoms. The highest BCUT2D eigenvalue weighted by Gasteiger charge is 2.42. The lowest BCUT2D eigenvalue weighted by atomic mass is 9.71. The second-order valence-electron chi connectivity index (χ2n) is 6.12. The molecule has 2 heterocycles. The lowest BCUT2D eigenvalue weighted by Crippen LogP contribution is -2.52. The number of hydrogen-bond donors (Lipinski definition) is 2. The first-order valence-corrected chi connectivity index (χ1v) is 7.31. The molecule has 1 saturated carbocycles. The Kier molecular flexibility index (Phi) is 3.46. The number of nitrogen functional groups attached to an aromatic ring is 1. The van der Waals surface area contributed by atoms with Gasteiger partial charge in [-0.3, -0.25) is 4.90 Å². The Bertz CT molecular complexity index is 451. The molecule has 4 nitrogen and oxygen atoms in total. The second-order valence-corrected chi connectivity index (χ2v) is 6.12. The molecule has 1 aliphatic heterocycles. The first-order chi connectivity index (χ1) is 9.16. The van der Waals surface area contributed by atoms with Crippen molar-refractivity contribution in [3.05, 3.63) is 23.9 Å². The van der Waals surface area contributed by atoms with Crippen LogP contribution in [0.1, 0.15) is 37.7 Å². The van der Waals surface area contributed by atoms with E-state index in [2.05, 4.69) is 9.88 Å². The van der Waals surface area contributed by atoms with Crippen molar-refractivity contribution in [2.24, 2.45) is 5.92 Å². The van der Waals surface area contributed by atoms with Gasteiger partial charge in [-0.05, 0) is 37.0 Å². The van der Waals surface area contributed by atoms with Crippen LogP contribution in [-0.4, -0.2) is 33.7 Å². The fourth-order valence-corrected chi connectivity index (χ4v) is 3.63. The Balaban J connectivity index is 1.65. The van der Waals surface area contributed by atoms with E-state index in [0.29, 0.717) is 11.7 Å². The van der Waals surface area contributed by atoms with Crippen LogP contribution in [0.15, 0.2) is 18.3 Å². The highest BCUT2D eigenvalue weighted by Crippen LogP contribution is 2.39. The number of anilines is 1. The topological polar surface area (TPSA) is 62.4 Å². The number of piperidine rings is 1. The Morgan fingerprint density at radius 3 is 3.16 bits per heavy atom. The molecule has 19 heavy (non-hydrogen) atoms. The molecule has 0 aromatic carbocycles. The third kappa shape index (κ3) is 2.74. The summed E-state index contributed by atoms with van der Waals surface area (Å²) < 4.78 is 0. The lowest BCUT2D eigenvalue weighted by Gasteiger charge is -2.47. The minimum Gasteiger partial charge on any atom is -0.390 e. The van der Waals surface area contributed by atoms with E-state index in [0.717, 1.165) is 32.5 Å². The van der Waals surface area contributed by atoms with Crippen LogP contribution in [0, 0.1) is 5.92 Å². The number of pyridine rings is 1. The number of hydrogen-bond acceptors (Lipinski definition) is 4. The van der Waals surface area contributed by atoms with Gasteiger partial charge >= 0.3 is 0 Å². The molecule has 0 amide bonds. The molecule has 0 spiro atoms. The van der Waals surface area contributed by atoms with Gasteiger partial charge in [-0.25, -0.2) is 4.98 Å². The quantitative estimate of drug-likeness (QED) is 0.852. The van der Waals surface area contributed by atoms with Crippen molar-refractivity contribution in [2.45, 2.75) is 44.2 Å². The molecule has 0 radical (unpaired) electrons. The third-order valence-corrected chi connectivity index (χ3v) is 4.76. The van der Waals surface area contributed by atoms with Gasteiger partial charge in [-0.1, -0.05) is 12.8 Å². The summed E-state index contributed by atoms with van der Waals surface area (Å²) in [6, 6.07) is 3.97. The Morgan fingerprint density at radius 2 is 2.32 bits per heavy atom. The maximum Gasteiger partial charge on any atom is 0.123 e. The molecule has 3 rings (SSSR count). The zero-order valence-electron chi connectivity index (χ0n) is 11.4. The summed E-state index contributed by atoms with van der Waals surface area (Å²) in [5, 5.41) is 10.7. The molecule has 1 aromatic rings. The molecule has 1 aromatic heterocycles. The molecule has 2 atom stereocenters. The van der Waals surface area contributed by atoms with E-state index in [-0.39, 0.29) is 5.60 Å². The van der Waals surface area contributed by atoms with Crippen molar-refractivity contribution >= 4 is 5.82 Å². The standard InChI is InChI=1S/C15H23N3O/c16-14-9-12(4-7-17-14)10-18-8-6-15(19)5-2-1-3-13(15)11-18/h4,7,9,13,19H,1-3,5-6,8,10-11H2,(H2,16,17). The molecule has 1 aliphatic carbocycles. The maximum atomic E-state index is 10.7. The largest absolute Gasteiger partial charge is 0.390 e. The molecule has 1 saturated heterocycles. The Morgan fingerprint density at radius 1 is 1.42 bits per heavy atom. The molecule has 2 aliphatic rings. The highest BCUT2D eigenvalue weighted by molar-refractivity contribution is 5.31. The summed E-state index contributed by atoms with van der Waals surface area (Å²) in [5.74, 6) is 1.04. The van der Waals surface area contributed by atoms with E-state index in [1.165, 1.54) is 24.8 Å². The lowest BCUT2D eigenvalue weighted by molar-refractivity contribution is -0.0967. The Labute approximate surface area is 114 Å². The minimum atomic E-state index is -0.383. The van der Waals surface area contributed by atoms with E-state index in [1.807, 2.05) is 12.1 Å². The van der Waals surface area contributed by atoms with Gasteiger partial charge in [0.05, 0.1) is 5.60 Å². The normalized spacial score (nSPS) is 31.9. The molecule has 2 fully saturated rings. The van der Waals surface area contributed by atoms with E-state index in [1.54, 1.807) is 6.20 Å². The van der Waals surface area contributed by atoms with Crippen LogP contribution in [0.2, 0.25) is 0 Å². The number of rotatable bonds is 2. The van der Waals surface area contributed by atoms with Crippen LogP contribution >= 0.6 is 0 Å². The number of nitrogens with zero attached hydrogens (tertiary/aromatic N) is 2. The van der Waals surface area contributed by atoms with E-state index >= 15 is 0 Å². The van der Waals surface area contributed by atoms with E-state index in [9.17, 15) is 5.11 Å². The zero-order chi connectivity index (χ0) is 13.3. The van der Waals surface area contributed by atoms with Crippen LogP contribution in [0.3, 0.4) is 0 Å². The third-order valence-electron chi connectivity index (χ3n) is 4.76. The molecule has 2 unspecified atom stereocenters. The summed E-state index contributed by atoms with van der Waals surface area (Å²) >= 11 is 0. The van der Waals surface area contributed by atoms with Crippen LogP contribution < -0.4 is 5.73 Å². The SMILES string of the molecule is Nc1cc(CN2CCC3(O)CCCCC3C2)ccn1. The van der Waals surface area contributed by atoms with Crippen molar-refractivity contribution in [3.8, 4) is 0 Å². The number of likely N-dealkylation sites (tertiary alicyclic amines) is 1. The fraction of sp³-hybridized carbons (Fsp3) is 0.667. The van der Waals surface area contributed by atoms with Gasteiger partial charge in [0.15, 0.2) is 0 Å². The molecular formula is C15H23N3O. The van der Waals surface area contributed by atoms with E-state index in [4.69, 9.17) is 5.73 Å². The first-order valence-electron chi connectivity index (χ1n) is 7.31. The van der Waals surface area contributed by atoms with Crippen LogP contribution in [0.5, 0.6) is 0 Å². The number of aromatic nitrogens is 1. The van der Waals surface area contributed by atoms with Crippen LogP contribution in [0.4, 0.5) is 5.82 Å². The molecule has 4 heteroatoms. The van der Waals surface area contributed by atoms with Crippen LogP contribution in [0.25, 0.3) is 0 Å². The van der Waals surface area contributed by atoms with E-state index < -0.39 is 0 Å². The Hall–Kier alpha value is -1.13. The monoisotopic (exact) mass is 261 g/mol. The molecule has 104 valence electrons. The number of fused-ring (bicyclic) bond motifs is 1. The summed E-state index contributed by atoms with van der Waals surface area (Å²) in [6.45, 7) is 2.91. The predicted molar refractivity (Wildman–Crippen MR) is 75.5 cm³/mol. The van der Waals surface area contributed by atoms with Crippen molar-refractivity contribution < 1.29 is 5.11 Å². The highest BCUT2D eigenvalue weighted by atomic mass is 16.3. The van der Waals surface area contributed by atoms with Gasteiger partial charge in [-0.15, -0.1) is 0 Å². The average Bonchev–Trinajstić information content (AvgIpc) is 2.39. The summed E-state index contributed by atoms with van der Waals surface area (Å²) in [4.78, 5) is 6.47. The minimum absolute atomic E-state index is 0.383. The van der Waals surface area contributed by atoms with Gasteiger partial charge < -0.3 is 10.8 Å². The second kappa shape index (κ2) is 5.10. The number of aliphatic hydroxyl groups is 1. The van der Waals surface area contributed by atoms with Crippen molar-refractivity contribution in [1.82, 2.24) is 9.88 Å². The smallest absolute Gasteiger partial charge is 0.123 e. The van der Waals surface area contributed by atoms with Crippen molar-refractivity contribution in [2.75, 3.05) is 18.8 Å². The van der Waals surface area contributed by atoms with Gasteiger partial charge in [0, 0.05) is 31.7 Å². The predicted octanol–water partition coefficient (Wildman–Crippen LogP) is 1.79. The van der Waals surface area contributed by atoms with Crippen LogP contribution in [-0.2, 0) is 6.54 Å². The first kappa shape index (κ1) is 12.9. The van der Waals surface area contributed by atoms with Gasteiger partial charge in [0.25, 0.3) is 0 Å².